The number of likely N-dealkylation sites (N-methyl/N-ethyl adjacent to an activating group) is 1. The maximum Gasteiger partial charge on any atom is 0.129 e. The largest absolute Gasteiger partial charge is 0.353 e. The molecule has 0 unspecified atom stereocenters. The molecule has 1 aromatic heterocycles. The molecule has 0 spiro atoms. The molecule has 2 rings (SSSR count). The number of nitrogens with zero attached hydrogens (tertiary/aromatic N) is 2. The third kappa shape index (κ3) is 4.57. The Bertz CT molecular complexity index is 484. The molecule has 1 aliphatic carbocycles. The number of hydrogen-bond acceptors (Lipinski definition) is 3. The summed E-state index contributed by atoms with van der Waals surface area (Å²) in [6, 6.07) is 5.20. The predicted molar refractivity (Wildman–Crippen MR) is 90.9 cm³/mol. The van der Waals surface area contributed by atoms with Crippen LogP contribution in [0.3, 0.4) is 0 Å². The summed E-state index contributed by atoms with van der Waals surface area (Å²) in [5.41, 5.74) is 2.56. The van der Waals surface area contributed by atoms with Crippen LogP contribution in [-0.4, -0.2) is 24.1 Å². The number of anilines is 1. The average molecular weight is 287 g/mol. The fraction of sp³-hybridized carbons (Fsp3) is 0.611. The molecule has 1 aliphatic rings. The van der Waals surface area contributed by atoms with Crippen LogP contribution < -0.4 is 10.2 Å². The van der Waals surface area contributed by atoms with Gasteiger partial charge in [0.2, 0.25) is 0 Å². The van der Waals surface area contributed by atoms with Gasteiger partial charge < -0.3 is 10.2 Å². The topological polar surface area (TPSA) is 28.2 Å². The molecule has 0 aromatic carbocycles. The minimum atomic E-state index is 0.0674. The van der Waals surface area contributed by atoms with Gasteiger partial charge in [0, 0.05) is 36.8 Å². The lowest BCUT2D eigenvalue weighted by atomic mass is 9.90. The van der Waals surface area contributed by atoms with E-state index < -0.39 is 0 Å². The van der Waals surface area contributed by atoms with Crippen LogP contribution in [0.1, 0.15) is 51.8 Å². The van der Waals surface area contributed by atoms with Crippen molar-refractivity contribution in [2.45, 2.75) is 58.5 Å². The van der Waals surface area contributed by atoms with Gasteiger partial charge in [0.25, 0.3) is 0 Å². The average Bonchev–Trinajstić information content (AvgIpc) is 3.25. The summed E-state index contributed by atoms with van der Waals surface area (Å²) >= 11 is 0. The molecule has 21 heavy (non-hydrogen) atoms. The molecule has 1 fully saturated rings. The summed E-state index contributed by atoms with van der Waals surface area (Å²) in [4.78, 5) is 7.15. The summed E-state index contributed by atoms with van der Waals surface area (Å²) in [5, 5.41) is 3.60. The van der Waals surface area contributed by atoms with Crippen molar-refractivity contribution >= 4 is 5.82 Å². The van der Waals surface area contributed by atoms with Crippen LogP contribution in [0.4, 0.5) is 5.82 Å². The molecule has 0 aliphatic heterocycles. The van der Waals surface area contributed by atoms with Crippen LogP contribution in [0.25, 0.3) is 0 Å². The van der Waals surface area contributed by atoms with Crippen molar-refractivity contribution in [1.82, 2.24) is 10.3 Å². The van der Waals surface area contributed by atoms with Crippen LogP contribution in [0, 0.1) is 0 Å². The van der Waals surface area contributed by atoms with Gasteiger partial charge in [-0.25, -0.2) is 4.98 Å². The van der Waals surface area contributed by atoms with E-state index in [4.69, 9.17) is 4.98 Å². The zero-order chi connectivity index (χ0) is 15.5. The standard InChI is InChI=1S/C18H29N3/c1-6-10-21(7-2)17-12-14(13-19-15-8-9-15)11-16(20-17)18(3,4)5/h6,11-12,15,19H,1,7-10,13H2,2-5H3. The first-order valence-electron chi connectivity index (χ1n) is 8.04. The van der Waals surface area contributed by atoms with Gasteiger partial charge in [-0.15, -0.1) is 6.58 Å². The van der Waals surface area contributed by atoms with Crippen molar-refractivity contribution < 1.29 is 0 Å². The van der Waals surface area contributed by atoms with E-state index in [-0.39, 0.29) is 5.41 Å². The van der Waals surface area contributed by atoms with Gasteiger partial charge in [0.1, 0.15) is 5.82 Å². The highest BCUT2D eigenvalue weighted by molar-refractivity contribution is 5.44. The molecular weight excluding hydrogens is 258 g/mol. The molecule has 1 N–H and O–H groups in total. The number of rotatable bonds is 7. The molecule has 3 nitrogen and oxygen atoms in total. The zero-order valence-electron chi connectivity index (χ0n) is 13.9. The third-order valence-electron chi connectivity index (χ3n) is 3.87. The van der Waals surface area contributed by atoms with Gasteiger partial charge in [0.15, 0.2) is 0 Å². The molecule has 0 bridgehead atoms. The van der Waals surface area contributed by atoms with E-state index in [1.165, 1.54) is 18.4 Å². The van der Waals surface area contributed by atoms with Gasteiger partial charge in [-0.1, -0.05) is 26.8 Å². The van der Waals surface area contributed by atoms with E-state index in [0.717, 1.165) is 37.2 Å². The summed E-state index contributed by atoms with van der Waals surface area (Å²) in [5.74, 6) is 1.07. The number of pyridine rings is 1. The monoisotopic (exact) mass is 287 g/mol. The lowest BCUT2D eigenvalue weighted by Crippen LogP contribution is -2.26. The Kier molecular flexibility index (Phi) is 5.04. The molecule has 0 saturated heterocycles. The van der Waals surface area contributed by atoms with E-state index in [1.54, 1.807) is 0 Å². The fourth-order valence-corrected chi connectivity index (χ4v) is 2.31. The maximum atomic E-state index is 4.89. The van der Waals surface area contributed by atoms with Gasteiger partial charge in [-0.2, -0.15) is 0 Å². The van der Waals surface area contributed by atoms with Crippen molar-refractivity contribution in [3.63, 3.8) is 0 Å². The number of hydrogen-bond donors (Lipinski definition) is 1. The fourth-order valence-electron chi connectivity index (χ4n) is 2.31. The van der Waals surface area contributed by atoms with Gasteiger partial charge >= 0.3 is 0 Å². The first-order chi connectivity index (χ1) is 9.94. The highest BCUT2D eigenvalue weighted by atomic mass is 15.2. The molecule has 0 atom stereocenters. The van der Waals surface area contributed by atoms with E-state index in [9.17, 15) is 0 Å². The smallest absolute Gasteiger partial charge is 0.129 e. The lowest BCUT2D eigenvalue weighted by Gasteiger charge is -2.25. The number of nitrogens with one attached hydrogen (secondary N) is 1. The highest BCUT2D eigenvalue weighted by Gasteiger charge is 2.22. The van der Waals surface area contributed by atoms with E-state index in [0.29, 0.717) is 0 Å². The first-order valence-corrected chi connectivity index (χ1v) is 8.04. The summed E-state index contributed by atoms with van der Waals surface area (Å²) in [7, 11) is 0. The molecule has 1 saturated carbocycles. The van der Waals surface area contributed by atoms with Crippen molar-refractivity contribution in [2.75, 3.05) is 18.0 Å². The van der Waals surface area contributed by atoms with E-state index >= 15 is 0 Å². The normalized spacial score (nSPS) is 15.0. The van der Waals surface area contributed by atoms with Crippen molar-refractivity contribution in [1.29, 1.82) is 0 Å². The second-order valence-electron chi connectivity index (χ2n) is 6.95. The Hall–Kier alpha value is -1.35. The number of aromatic nitrogens is 1. The van der Waals surface area contributed by atoms with Gasteiger partial charge in [-0.05, 0) is 37.5 Å². The van der Waals surface area contributed by atoms with E-state index in [1.807, 2.05) is 6.08 Å². The van der Waals surface area contributed by atoms with Crippen LogP contribution >= 0.6 is 0 Å². The Morgan fingerprint density at radius 1 is 1.38 bits per heavy atom. The van der Waals surface area contributed by atoms with Crippen LogP contribution in [0.15, 0.2) is 24.8 Å². The second kappa shape index (κ2) is 6.61. The van der Waals surface area contributed by atoms with Crippen LogP contribution in [0.5, 0.6) is 0 Å². The third-order valence-corrected chi connectivity index (χ3v) is 3.87. The van der Waals surface area contributed by atoms with E-state index in [2.05, 4.69) is 56.6 Å². The molecule has 1 heterocycles. The van der Waals surface area contributed by atoms with Crippen molar-refractivity contribution in [2.24, 2.45) is 0 Å². The zero-order valence-corrected chi connectivity index (χ0v) is 13.9. The summed E-state index contributed by atoms with van der Waals surface area (Å²) in [6.07, 6.45) is 4.58. The van der Waals surface area contributed by atoms with Gasteiger partial charge in [0.05, 0.1) is 0 Å². The Labute approximate surface area is 129 Å². The predicted octanol–water partition coefficient (Wildman–Crippen LogP) is 3.64. The van der Waals surface area contributed by atoms with Crippen molar-refractivity contribution in [3.8, 4) is 0 Å². The van der Waals surface area contributed by atoms with Crippen LogP contribution in [0.2, 0.25) is 0 Å². The van der Waals surface area contributed by atoms with Gasteiger partial charge in [-0.3, -0.25) is 0 Å². The lowest BCUT2D eigenvalue weighted by molar-refractivity contribution is 0.565. The minimum absolute atomic E-state index is 0.0674. The van der Waals surface area contributed by atoms with Crippen molar-refractivity contribution in [3.05, 3.63) is 36.0 Å². The second-order valence-corrected chi connectivity index (χ2v) is 6.95. The first kappa shape index (κ1) is 16.0. The molecule has 1 aromatic rings. The quantitative estimate of drug-likeness (QED) is 0.776. The summed E-state index contributed by atoms with van der Waals surface area (Å²) < 4.78 is 0. The van der Waals surface area contributed by atoms with Crippen LogP contribution in [-0.2, 0) is 12.0 Å². The molecule has 0 amide bonds. The molecule has 0 radical (unpaired) electrons. The SMILES string of the molecule is C=CCN(CC)c1cc(CNC2CC2)cc(C(C)(C)C)n1. The summed E-state index contributed by atoms with van der Waals surface area (Å²) in [6.45, 7) is 15.4. The molecular formula is C18H29N3. The molecule has 3 heteroatoms. The Morgan fingerprint density at radius 3 is 2.62 bits per heavy atom. The minimum Gasteiger partial charge on any atom is -0.353 e. The maximum absolute atomic E-state index is 4.89. The highest BCUT2D eigenvalue weighted by Crippen LogP contribution is 2.26. The Morgan fingerprint density at radius 2 is 2.10 bits per heavy atom. The molecule has 116 valence electrons. The Balaban J connectivity index is 2.28.